The molecule has 0 bridgehead atoms. The molecule has 1 N–H and O–H groups in total. The maximum Gasteiger partial charge on any atom is 0.437 e. The van der Waals surface area contributed by atoms with Gasteiger partial charge in [-0.25, -0.2) is 4.79 Å². The standard InChI is InChI=1S/C16H11F3N2O3/c17-16(18,19)12-5-3-11(4-6-12)14-20-21(15(23)24-14)9-10-1-7-13(22)8-2-10/h1-8,22H,9H2. The Morgan fingerprint density at radius 2 is 1.67 bits per heavy atom. The smallest absolute Gasteiger partial charge is 0.437 e. The van der Waals surface area contributed by atoms with E-state index < -0.39 is 17.5 Å². The van der Waals surface area contributed by atoms with Crippen LogP contribution in [0.25, 0.3) is 11.5 Å². The summed E-state index contributed by atoms with van der Waals surface area (Å²) in [5, 5.41) is 13.2. The molecule has 1 heterocycles. The van der Waals surface area contributed by atoms with E-state index in [4.69, 9.17) is 4.42 Å². The number of aromatic hydroxyl groups is 1. The molecule has 5 nitrogen and oxygen atoms in total. The lowest BCUT2D eigenvalue weighted by Gasteiger charge is -2.05. The van der Waals surface area contributed by atoms with Gasteiger partial charge in [0.1, 0.15) is 5.75 Å². The van der Waals surface area contributed by atoms with Gasteiger partial charge in [-0.1, -0.05) is 12.1 Å². The van der Waals surface area contributed by atoms with Crippen LogP contribution in [0, 0.1) is 0 Å². The van der Waals surface area contributed by atoms with Gasteiger partial charge in [0, 0.05) is 5.56 Å². The molecule has 0 aliphatic rings. The number of hydrogen-bond donors (Lipinski definition) is 1. The summed E-state index contributed by atoms with van der Waals surface area (Å²) in [4.78, 5) is 11.8. The lowest BCUT2D eigenvalue weighted by molar-refractivity contribution is -0.137. The summed E-state index contributed by atoms with van der Waals surface area (Å²) >= 11 is 0. The lowest BCUT2D eigenvalue weighted by Crippen LogP contribution is -2.16. The number of phenolic OH excluding ortho intramolecular Hbond substituents is 1. The molecular weight excluding hydrogens is 325 g/mol. The predicted molar refractivity (Wildman–Crippen MR) is 78.4 cm³/mol. The van der Waals surface area contributed by atoms with Crippen LogP contribution in [0.2, 0.25) is 0 Å². The van der Waals surface area contributed by atoms with Crippen LogP contribution < -0.4 is 5.76 Å². The average Bonchev–Trinajstić information content (AvgIpc) is 2.90. The zero-order valence-electron chi connectivity index (χ0n) is 12.1. The highest BCUT2D eigenvalue weighted by molar-refractivity contribution is 5.53. The molecule has 1 aromatic heterocycles. The van der Waals surface area contributed by atoms with Crippen LogP contribution in [0.5, 0.6) is 5.75 Å². The van der Waals surface area contributed by atoms with E-state index in [-0.39, 0.29) is 23.7 Å². The molecule has 0 saturated carbocycles. The summed E-state index contributed by atoms with van der Waals surface area (Å²) < 4.78 is 43.7. The van der Waals surface area contributed by atoms with Gasteiger partial charge < -0.3 is 9.52 Å². The monoisotopic (exact) mass is 336 g/mol. The first-order valence-corrected chi connectivity index (χ1v) is 6.86. The quantitative estimate of drug-likeness (QED) is 0.797. The van der Waals surface area contributed by atoms with Crippen LogP contribution in [0.1, 0.15) is 11.1 Å². The second-order valence-electron chi connectivity index (χ2n) is 5.07. The Morgan fingerprint density at radius 3 is 2.25 bits per heavy atom. The number of phenols is 1. The van der Waals surface area contributed by atoms with Gasteiger partial charge in [-0.05, 0) is 42.0 Å². The van der Waals surface area contributed by atoms with Crippen molar-refractivity contribution in [3.8, 4) is 17.2 Å². The van der Waals surface area contributed by atoms with E-state index in [1.807, 2.05) is 0 Å². The van der Waals surface area contributed by atoms with E-state index in [0.29, 0.717) is 5.56 Å². The van der Waals surface area contributed by atoms with Crippen LogP contribution in [0.3, 0.4) is 0 Å². The Hall–Kier alpha value is -3.03. The number of hydrogen-bond acceptors (Lipinski definition) is 4. The van der Waals surface area contributed by atoms with Crippen molar-refractivity contribution in [2.45, 2.75) is 12.7 Å². The van der Waals surface area contributed by atoms with Crippen molar-refractivity contribution in [1.82, 2.24) is 9.78 Å². The van der Waals surface area contributed by atoms with Crippen molar-refractivity contribution in [3.63, 3.8) is 0 Å². The Bertz CT molecular complexity index is 894. The Labute approximate surface area is 133 Å². The van der Waals surface area contributed by atoms with Crippen LogP contribution in [-0.2, 0) is 12.7 Å². The molecule has 0 aliphatic heterocycles. The van der Waals surface area contributed by atoms with E-state index in [1.165, 1.54) is 24.3 Å². The molecule has 3 aromatic rings. The topological polar surface area (TPSA) is 68.3 Å². The molecule has 0 unspecified atom stereocenters. The Morgan fingerprint density at radius 1 is 1.04 bits per heavy atom. The first-order chi connectivity index (χ1) is 11.3. The normalized spacial score (nSPS) is 11.6. The zero-order chi connectivity index (χ0) is 17.3. The van der Waals surface area contributed by atoms with Crippen molar-refractivity contribution in [3.05, 3.63) is 70.2 Å². The van der Waals surface area contributed by atoms with Crippen LogP contribution in [0.15, 0.2) is 57.7 Å². The fourth-order valence-corrected chi connectivity index (χ4v) is 2.10. The second kappa shape index (κ2) is 5.88. The maximum absolute atomic E-state index is 12.5. The third-order valence-corrected chi connectivity index (χ3v) is 3.33. The number of nitrogens with zero attached hydrogens (tertiary/aromatic N) is 2. The Kier molecular flexibility index (Phi) is 3.88. The van der Waals surface area contributed by atoms with Gasteiger partial charge in [0.25, 0.3) is 0 Å². The summed E-state index contributed by atoms with van der Waals surface area (Å²) in [6.07, 6.45) is -4.43. The summed E-state index contributed by atoms with van der Waals surface area (Å²) in [7, 11) is 0. The molecule has 0 saturated heterocycles. The van der Waals surface area contributed by atoms with Crippen molar-refractivity contribution in [2.24, 2.45) is 0 Å². The average molecular weight is 336 g/mol. The number of halogens is 3. The lowest BCUT2D eigenvalue weighted by atomic mass is 10.1. The zero-order valence-corrected chi connectivity index (χ0v) is 12.1. The van der Waals surface area contributed by atoms with Gasteiger partial charge in [-0.2, -0.15) is 17.9 Å². The van der Waals surface area contributed by atoms with Gasteiger partial charge in [0.2, 0.25) is 5.89 Å². The molecule has 0 fully saturated rings. The maximum atomic E-state index is 12.5. The van der Waals surface area contributed by atoms with Crippen molar-refractivity contribution in [1.29, 1.82) is 0 Å². The van der Waals surface area contributed by atoms with E-state index in [1.54, 1.807) is 12.1 Å². The van der Waals surface area contributed by atoms with Gasteiger partial charge in [0.05, 0.1) is 12.1 Å². The van der Waals surface area contributed by atoms with E-state index >= 15 is 0 Å². The van der Waals surface area contributed by atoms with Crippen molar-refractivity contribution in [2.75, 3.05) is 0 Å². The molecule has 0 spiro atoms. The molecule has 8 heteroatoms. The molecule has 3 rings (SSSR count). The number of aromatic nitrogens is 2. The van der Waals surface area contributed by atoms with Gasteiger partial charge in [0.15, 0.2) is 0 Å². The third-order valence-electron chi connectivity index (χ3n) is 3.33. The summed E-state index contributed by atoms with van der Waals surface area (Å²) in [5.41, 5.74) is 0.184. The molecule has 0 atom stereocenters. The van der Waals surface area contributed by atoms with Crippen LogP contribution in [-0.4, -0.2) is 14.9 Å². The molecule has 0 radical (unpaired) electrons. The molecule has 124 valence electrons. The number of rotatable bonds is 3. The SMILES string of the molecule is O=c1oc(-c2ccc(C(F)(F)F)cc2)nn1Cc1ccc(O)cc1. The number of benzene rings is 2. The molecular formula is C16H11F3N2O3. The molecule has 2 aromatic carbocycles. The van der Waals surface area contributed by atoms with Crippen molar-refractivity contribution >= 4 is 0 Å². The van der Waals surface area contributed by atoms with E-state index in [2.05, 4.69) is 5.10 Å². The van der Waals surface area contributed by atoms with E-state index in [0.717, 1.165) is 16.8 Å². The van der Waals surface area contributed by atoms with Gasteiger partial charge in [-0.15, -0.1) is 5.10 Å². The molecule has 24 heavy (non-hydrogen) atoms. The largest absolute Gasteiger partial charge is 0.508 e. The summed E-state index contributed by atoms with van der Waals surface area (Å²) in [5.74, 6) is -0.692. The minimum atomic E-state index is -4.43. The minimum Gasteiger partial charge on any atom is -0.508 e. The van der Waals surface area contributed by atoms with Crippen molar-refractivity contribution < 1.29 is 22.7 Å². The van der Waals surface area contributed by atoms with Crippen LogP contribution in [0.4, 0.5) is 13.2 Å². The highest BCUT2D eigenvalue weighted by atomic mass is 19.4. The third kappa shape index (κ3) is 3.32. The highest BCUT2D eigenvalue weighted by Crippen LogP contribution is 2.30. The molecule has 0 amide bonds. The number of alkyl halides is 3. The summed E-state index contributed by atoms with van der Waals surface area (Å²) in [6.45, 7) is 0.114. The first-order valence-electron chi connectivity index (χ1n) is 6.86. The predicted octanol–water partition coefficient (Wildman–Crippen LogP) is 3.28. The van der Waals surface area contributed by atoms with Gasteiger partial charge >= 0.3 is 11.9 Å². The second-order valence-corrected chi connectivity index (χ2v) is 5.07. The highest BCUT2D eigenvalue weighted by Gasteiger charge is 2.30. The van der Waals surface area contributed by atoms with Crippen LogP contribution >= 0.6 is 0 Å². The first kappa shape index (κ1) is 15.9. The molecule has 0 aliphatic carbocycles. The minimum absolute atomic E-state index is 0.0625. The van der Waals surface area contributed by atoms with Gasteiger partial charge in [-0.3, -0.25) is 0 Å². The fourth-order valence-electron chi connectivity index (χ4n) is 2.10. The van der Waals surface area contributed by atoms with E-state index in [9.17, 15) is 23.1 Å². The fraction of sp³-hybridized carbons (Fsp3) is 0.125. The summed E-state index contributed by atoms with van der Waals surface area (Å²) in [6, 6.07) is 10.4. The Balaban J connectivity index is 1.86.